The van der Waals surface area contributed by atoms with Crippen molar-refractivity contribution in [3.05, 3.63) is 51.9 Å². The molecule has 0 spiro atoms. The number of anilines is 1. The lowest BCUT2D eigenvalue weighted by Crippen LogP contribution is -2.13. The van der Waals surface area contributed by atoms with Gasteiger partial charge in [-0.25, -0.2) is 0 Å². The van der Waals surface area contributed by atoms with E-state index in [0.717, 1.165) is 15.7 Å². The van der Waals surface area contributed by atoms with Crippen LogP contribution >= 0.6 is 15.9 Å². The average Bonchev–Trinajstić information content (AvgIpc) is 2.62. The zero-order chi connectivity index (χ0) is 12.4. The molecule has 0 aliphatic heterocycles. The van der Waals surface area contributed by atoms with Crippen LogP contribution in [0.3, 0.4) is 0 Å². The predicted octanol–water partition coefficient (Wildman–Crippen LogP) is 3.91. The number of benzene rings is 1. The van der Waals surface area contributed by atoms with Gasteiger partial charge in [0.05, 0.1) is 17.5 Å². The second-order valence-corrected chi connectivity index (χ2v) is 4.64. The van der Waals surface area contributed by atoms with Crippen LogP contribution in [-0.4, -0.2) is 5.91 Å². The molecule has 88 valence electrons. The van der Waals surface area contributed by atoms with Gasteiger partial charge in [0, 0.05) is 10.0 Å². The van der Waals surface area contributed by atoms with E-state index in [2.05, 4.69) is 21.2 Å². The smallest absolute Gasteiger partial charge is 0.259 e. The third-order valence-corrected chi connectivity index (χ3v) is 3.20. The standard InChI is InChI=1S/C13H12BrNO2/c1-8-7-17-9(2)12(8)13(16)15-11-6-4-3-5-10(11)14/h3-7H,1-2H3,(H,15,16). The lowest BCUT2D eigenvalue weighted by atomic mass is 10.1. The highest BCUT2D eigenvalue weighted by molar-refractivity contribution is 9.10. The maximum atomic E-state index is 12.1. The monoisotopic (exact) mass is 293 g/mol. The van der Waals surface area contributed by atoms with E-state index < -0.39 is 0 Å². The number of hydrogen-bond acceptors (Lipinski definition) is 2. The molecule has 1 amide bonds. The minimum atomic E-state index is -0.152. The Morgan fingerprint density at radius 1 is 1.29 bits per heavy atom. The predicted molar refractivity (Wildman–Crippen MR) is 70.3 cm³/mol. The molecule has 1 aromatic carbocycles. The summed E-state index contributed by atoms with van der Waals surface area (Å²) >= 11 is 3.39. The third-order valence-electron chi connectivity index (χ3n) is 2.51. The fourth-order valence-electron chi connectivity index (χ4n) is 1.66. The maximum absolute atomic E-state index is 12.1. The van der Waals surface area contributed by atoms with Crippen molar-refractivity contribution in [2.75, 3.05) is 5.32 Å². The molecule has 3 nitrogen and oxygen atoms in total. The molecular weight excluding hydrogens is 282 g/mol. The molecule has 1 heterocycles. The highest BCUT2D eigenvalue weighted by atomic mass is 79.9. The summed E-state index contributed by atoms with van der Waals surface area (Å²) in [5.41, 5.74) is 2.19. The highest BCUT2D eigenvalue weighted by Gasteiger charge is 2.16. The summed E-state index contributed by atoms with van der Waals surface area (Å²) in [6, 6.07) is 7.49. The maximum Gasteiger partial charge on any atom is 0.259 e. The van der Waals surface area contributed by atoms with Gasteiger partial charge in [0.1, 0.15) is 5.76 Å². The van der Waals surface area contributed by atoms with Crippen molar-refractivity contribution >= 4 is 27.5 Å². The lowest BCUT2D eigenvalue weighted by Gasteiger charge is -2.07. The molecule has 0 fully saturated rings. The highest BCUT2D eigenvalue weighted by Crippen LogP contribution is 2.23. The van der Waals surface area contributed by atoms with Gasteiger partial charge in [-0.15, -0.1) is 0 Å². The number of furan rings is 1. The van der Waals surface area contributed by atoms with E-state index in [0.29, 0.717) is 11.3 Å². The number of para-hydroxylation sites is 1. The third kappa shape index (κ3) is 2.42. The van der Waals surface area contributed by atoms with Crippen LogP contribution in [0.1, 0.15) is 21.7 Å². The molecule has 0 radical (unpaired) electrons. The number of rotatable bonds is 2. The molecule has 2 aromatic rings. The topological polar surface area (TPSA) is 42.2 Å². The Kier molecular flexibility index (Phi) is 3.33. The van der Waals surface area contributed by atoms with E-state index >= 15 is 0 Å². The van der Waals surface area contributed by atoms with Gasteiger partial charge >= 0.3 is 0 Å². The number of aryl methyl sites for hydroxylation is 2. The van der Waals surface area contributed by atoms with Crippen LogP contribution in [0, 0.1) is 13.8 Å². The normalized spacial score (nSPS) is 10.3. The molecule has 0 aliphatic carbocycles. The second kappa shape index (κ2) is 4.75. The van der Waals surface area contributed by atoms with E-state index in [1.165, 1.54) is 0 Å². The number of carbonyl (C=O) groups excluding carboxylic acids is 1. The van der Waals surface area contributed by atoms with Gasteiger partial charge in [-0.3, -0.25) is 4.79 Å². The number of nitrogens with one attached hydrogen (secondary N) is 1. The molecule has 2 rings (SSSR count). The van der Waals surface area contributed by atoms with Gasteiger partial charge < -0.3 is 9.73 Å². The summed E-state index contributed by atoms with van der Waals surface area (Å²) in [5.74, 6) is 0.479. The van der Waals surface area contributed by atoms with Gasteiger partial charge in [0.15, 0.2) is 0 Å². The first-order valence-corrected chi connectivity index (χ1v) is 5.99. The summed E-state index contributed by atoms with van der Waals surface area (Å²) in [7, 11) is 0. The number of carbonyl (C=O) groups is 1. The van der Waals surface area contributed by atoms with E-state index in [1.54, 1.807) is 13.2 Å². The summed E-state index contributed by atoms with van der Waals surface area (Å²) < 4.78 is 6.07. The fourth-order valence-corrected chi connectivity index (χ4v) is 2.04. The van der Waals surface area contributed by atoms with Crippen LogP contribution in [0.4, 0.5) is 5.69 Å². The summed E-state index contributed by atoms with van der Waals surface area (Å²) in [5, 5.41) is 2.85. The Morgan fingerprint density at radius 2 is 2.00 bits per heavy atom. The first-order chi connectivity index (χ1) is 8.09. The van der Waals surface area contributed by atoms with Crippen molar-refractivity contribution in [1.82, 2.24) is 0 Å². The number of amides is 1. The molecule has 4 heteroatoms. The molecule has 0 saturated carbocycles. The van der Waals surface area contributed by atoms with Crippen molar-refractivity contribution < 1.29 is 9.21 Å². The molecule has 1 aromatic heterocycles. The van der Waals surface area contributed by atoms with E-state index in [-0.39, 0.29) is 5.91 Å². The van der Waals surface area contributed by atoms with E-state index in [4.69, 9.17) is 4.42 Å². The zero-order valence-electron chi connectivity index (χ0n) is 9.58. The van der Waals surface area contributed by atoms with Crippen molar-refractivity contribution in [2.45, 2.75) is 13.8 Å². The average molecular weight is 294 g/mol. The zero-order valence-corrected chi connectivity index (χ0v) is 11.2. The van der Waals surface area contributed by atoms with Crippen LogP contribution < -0.4 is 5.32 Å². The number of hydrogen-bond donors (Lipinski definition) is 1. The van der Waals surface area contributed by atoms with Gasteiger partial charge in [0.25, 0.3) is 5.91 Å². The van der Waals surface area contributed by atoms with Crippen LogP contribution in [0.25, 0.3) is 0 Å². The number of halogens is 1. The van der Waals surface area contributed by atoms with Crippen molar-refractivity contribution in [3.8, 4) is 0 Å². The molecule has 0 atom stereocenters. The Hall–Kier alpha value is -1.55. The van der Waals surface area contributed by atoms with Gasteiger partial charge in [0.2, 0.25) is 0 Å². The van der Waals surface area contributed by atoms with E-state index in [1.807, 2.05) is 31.2 Å². The van der Waals surface area contributed by atoms with Crippen molar-refractivity contribution in [2.24, 2.45) is 0 Å². The van der Waals surface area contributed by atoms with Crippen LogP contribution in [0.2, 0.25) is 0 Å². The Labute approximate surface area is 108 Å². The Bertz CT molecular complexity index is 541. The molecule has 17 heavy (non-hydrogen) atoms. The minimum Gasteiger partial charge on any atom is -0.469 e. The Balaban J connectivity index is 2.27. The van der Waals surface area contributed by atoms with Gasteiger partial charge in [-0.1, -0.05) is 12.1 Å². The van der Waals surface area contributed by atoms with Gasteiger partial charge in [-0.05, 0) is 41.9 Å². The fraction of sp³-hybridized carbons (Fsp3) is 0.154. The first kappa shape index (κ1) is 11.9. The summed E-state index contributed by atoms with van der Waals surface area (Å²) in [4.78, 5) is 12.1. The molecule has 0 bridgehead atoms. The van der Waals surface area contributed by atoms with Crippen molar-refractivity contribution in [3.63, 3.8) is 0 Å². The van der Waals surface area contributed by atoms with Gasteiger partial charge in [-0.2, -0.15) is 0 Å². The van der Waals surface area contributed by atoms with Crippen LogP contribution in [-0.2, 0) is 0 Å². The molecule has 0 unspecified atom stereocenters. The second-order valence-electron chi connectivity index (χ2n) is 3.78. The first-order valence-electron chi connectivity index (χ1n) is 5.20. The Morgan fingerprint density at radius 3 is 2.59 bits per heavy atom. The largest absolute Gasteiger partial charge is 0.469 e. The van der Waals surface area contributed by atoms with Crippen molar-refractivity contribution in [1.29, 1.82) is 0 Å². The van der Waals surface area contributed by atoms with Crippen LogP contribution in [0.5, 0.6) is 0 Å². The summed E-state index contributed by atoms with van der Waals surface area (Å²) in [6.45, 7) is 3.63. The van der Waals surface area contributed by atoms with Crippen LogP contribution in [0.15, 0.2) is 39.4 Å². The molecule has 0 saturated heterocycles. The summed E-state index contributed by atoms with van der Waals surface area (Å²) in [6.07, 6.45) is 1.59. The molecule has 0 aliphatic rings. The molecular formula is C13H12BrNO2. The quantitative estimate of drug-likeness (QED) is 0.912. The van der Waals surface area contributed by atoms with E-state index in [9.17, 15) is 4.79 Å². The SMILES string of the molecule is Cc1coc(C)c1C(=O)Nc1ccccc1Br. The minimum absolute atomic E-state index is 0.152. The molecule has 1 N–H and O–H groups in total. The lowest BCUT2D eigenvalue weighted by molar-refractivity contribution is 0.102.